The summed E-state index contributed by atoms with van der Waals surface area (Å²) in [4.78, 5) is 12.1. The van der Waals surface area contributed by atoms with Crippen LogP contribution in [-0.4, -0.2) is 12.5 Å². The van der Waals surface area contributed by atoms with Crippen LogP contribution in [0, 0.1) is 17.5 Å². The van der Waals surface area contributed by atoms with Crippen molar-refractivity contribution in [2.24, 2.45) is 0 Å². The number of amides is 1. The minimum atomic E-state index is -1.62. The zero-order valence-electron chi connectivity index (χ0n) is 13.6. The predicted molar refractivity (Wildman–Crippen MR) is 88.7 cm³/mol. The quantitative estimate of drug-likeness (QED) is 0.663. The third-order valence-corrected chi connectivity index (χ3v) is 3.86. The van der Waals surface area contributed by atoms with Gasteiger partial charge in [0.05, 0.1) is 12.0 Å². The number of quaternary nitrogens is 1. The Morgan fingerprint density at radius 1 is 1.00 bits per heavy atom. The van der Waals surface area contributed by atoms with Crippen LogP contribution < -0.4 is 10.6 Å². The van der Waals surface area contributed by atoms with Crippen molar-refractivity contribution >= 4 is 11.6 Å². The van der Waals surface area contributed by atoms with Crippen LogP contribution >= 0.6 is 0 Å². The van der Waals surface area contributed by atoms with E-state index in [4.69, 9.17) is 4.42 Å². The van der Waals surface area contributed by atoms with Gasteiger partial charge >= 0.3 is 0 Å². The van der Waals surface area contributed by atoms with E-state index in [2.05, 4.69) is 5.32 Å². The molecule has 0 radical (unpaired) electrons. The first kappa shape index (κ1) is 17.8. The molecule has 0 saturated heterocycles. The molecule has 0 aliphatic carbocycles. The standard InChI is InChI=1S/C19H15F3N2O2/c20-13-8-9-14(18(22)17(13)21)24-16(25)11-23-19(15-7-4-10-26-15)12-5-2-1-3-6-12/h1-10,19,23H,11H2,(H,24,25)/p+1/t19-/m0/s1. The second kappa shape index (κ2) is 7.88. The topological polar surface area (TPSA) is 58.9 Å². The minimum Gasteiger partial charge on any atom is -0.463 e. The molecule has 0 fully saturated rings. The van der Waals surface area contributed by atoms with Crippen LogP contribution in [0.5, 0.6) is 0 Å². The summed E-state index contributed by atoms with van der Waals surface area (Å²) in [6.45, 7) is -0.0707. The van der Waals surface area contributed by atoms with E-state index in [1.54, 1.807) is 17.4 Å². The van der Waals surface area contributed by atoms with E-state index in [9.17, 15) is 18.0 Å². The van der Waals surface area contributed by atoms with Gasteiger partial charge in [-0.15, -0.1) is 0 Å². The second-order valence-electron chi connectivity index (χ2n) is 5.61. The van der Waals surface area contributed by atoms with E-state index in [0.717, 1.165) is 17.7 Å². The Kier molecular flexibility index (Phi) is 5.38. The Morgan fingerprint density at radius 3 is 2.46 bits per heavy atom. The highest BCUT2D eigenvalue weighted by atomic mass is 19.2. The van der Waals surface area contributed by atoms with Crippen LogP contribution in [0.1, 0.15) is 17.4 Å². The molecule has 1 atom stereocenters. The molecule has 7 heteroatoms. The van der Waals surface area contributed by atoms with Gasteiger partial charge in [0, 0.05) is 5.56 Å². The van der Waals surface area contributed by atoms with Crippen LogP contribution in [-0.2, 0) is 4.79 Å². The molecule has 0 aliphatic heterocycles. The SMILES string of the molecule is O=C(C[NH2+][C@@H](c1ccccc1)c1ccco1)Nc1ccc(F)c(F)c1F. The molecular formula is C19H16F3N2O2+. The maximum Gasteiger partial charge on any atom is 0.279 e. The number of hydrogen-bond donors (Lipinski definition) is 2. The highest BCUT2D eigenvalue weighted by Crippen LogP contribution is 2.20. The Hall–Kier alpha value is -3.06. The van der Waals surface area contributed by atoms with Gasteiger partial charge in [0.1, 0.15) is 0 Å². The zero-order chi connectivity index (χ0) is 18.5. The van der Waals surface area contributed by atoms with E-state index in [1.807, 2.05) is 30.3 Å². The first-order chi connectivity index (χ1) is 12.6. The lowest BCUT2D eigenvalue weighted by Crippen LogP contribution is -2.87. The van der Waals surface area contributed by atoms with Gasteiger partial charge in [0.2, 0.25) is 0 Å². The first-order valence-corrected chi connectivity index (χ1v) is 7.91. The van der Waals surface area contributed by atoms with Crippen molar-refractivity contribution in [2.45, 2.75) is 6.04 Å². The molecule has 134 valence electrons. The number of nitrogens with two attached hydrogens (primary N) is 1. The summed E-state index contributed by atoms with van der Waals surface area (Å²) in [5.41, 5.74) is 0.519. The average Bonchev–Trinajstić information content (AvgIpc) is 3.18. The molecule has 26 heavy (non-hydrogen) atoms. The van der Waals surface area contributed by atoms with Crippen LogP contribution in [0.4, 0.5) is 18.9 Å². The van der Waals surface area contributed by atoms with Crippen molar-refractivity contribution in [3.8, 4) is 0 Å². The number of carbonyl (C=O) groups excluding carboxylic acids is 1. The molecule has 3 aromatic rings. The highest BCUT2D eigenvalue weighted by molar-refractivity contribution is 5.91. The van der Waals surface area contributed by atoms with Crippen LogP contribution in [0.15, 0.2) is 65.3 Å². The molecule has 0 bridgehead atoms. The second-order valence-corrected chi connectivity index (χ2v) is 5.61. The molecule has 4 nitrogen and oxygen atoms in total. The van der Waals surface area contributed by atoms with Gasteiger partial charge in [-0.1, -0.05) is 30.3 Å². The molecule has 0 saturated carbocycles. The number of hydrogen-bond acceptors (Lipinski definition) is 2. The van der Waals surface area contributed by atoms with E-state index in [1.165, 1.54) is 6.26 Å². The molecule has 2 aromatic carbocycles. The molecule has 3 rings (SSSR count). The molecule has 0 aliphatic rings. The fourth-order valence-corrected chi connectivity index (χ4v) is 2.59. The van der Waals surface area contributed by atoms with Crippen LogP contribution in [0.25, 0.3) is 0 Å². The highest BCUT2D eigenvalue weighted by Gasteiger charge is 2.22. The maximum absolute atomic E-state index is 13.7. The van der Waals surface area contributed by atoms with Crippen molar-refractivity contribution in [3.63, 3.8) is 0 Å². The summed E-state index contributed by atoms with van der Waals surface area (Å²) in [5, 5.41) is 3.96. The molecule has 1 heterocycles. The molecule has 0 spiro atoms. The lowest BCUT2D eigenvalue weighted by atomic mass is 10.0. The van der Waals surface area contributed by atoms with Gasteiger partial charge < -0.3 is 15.1 Å². The number of anilines is 1. The molecule has 1 aromatic heterocycles. The summed E-state index contributed by atoms with van der Waals surface area (Å²) in [6, 6.07) is 14.4. The van der Waals surface area contributed by atoms with Gasteiger partial charge in [-0.3, -0.25) is 4.79 Å². The Morgan fingerprint density at radius 2 is 1.77 bits per heavy atom. The number of rotatable bonds is 6. The van der Waals surface area contributed by atoms with Crippen molar-refractivity contribution in [2.75, 3.05) is 11.9 Å². The van der Waals surface area contributed by atoms with E-state index < -0.39 is 29.0 Å². The lowest BCUT2D eigenvalue weighted by molar-refractivity contribution is -0.678. The molecule has 3 N–H and O–H groups in total. The number of furan rings is 1. The Bertz CT molecular complexity index is 883. The zero-order valence-corrected chi connectivity index (χ0v) is 13.6. The Balaban J connectivity index is 1.70. The summed E-state index contributed by atoms with van der Waals surface area (Å²) < 4.78 is 45.3. The van der Waals surface area contributed by atoms with E-state index >= 15 is 0 Å². The third kappa shape index (κ3) is 3.94. The summed E-state index contributed by atoms with van der Waals surface area (Å²) in [7, 11) is 0. The normalized spacial score (nSPS) is 12.0. The number of benzene rings is 2. The molecule has 0 unspecified atom stereocenters. The predicted octanol–water partition coefficient (Wildman–Crippen LogP) is 2.99. The van der Waals surface area contributed by atoms with Crippen molar-refractivity contribution in [3.05, 3.63) is 89.6 Å². The first-order valence-electron chi connectivity index (χ1n) is 7.91. The number of halogens is 3. The third-order valence-electron chi connectivity index (χ3n) is 3.86. The van der Waals surface area contributed by atoms with Crippen LogP contribution in [0.3, 0.4) is 0 Å². The smallest absolute Gasteiger partial charge is 0.279 e. The van der Waals surface area contributed by atoms with Crippen molar-refractivity contribution < 1.29 is 27.7 Å². The van der Waals surface area contributed by atoms with Gasteiger partial charge in [0.25, 0.3) is 5.91 Å². The lowest BCUT2D eigenvalue weighted by Gasteiger charge is -2.14. The minimum absolute atomic E-state index is 0.0707. The summed E-state index contributed by atoms with van der Waals surface area (Å²) >= 11 is 0. The maximum atomic E-state index is 13.7. The average molecular weight is 361 g/mol. The Labute approximate surface area is 147 Å². The number of carbonyl (C=O) groups is 1. The fraction of sp³-hybridized carbons (Fsp3) is 0.105. The summed E-state index contributed by atoms with van der Waals surface area (Å²) in [6.07, 6.45) is 1.54. The van der Waals surface area contributed by atoms with Gasteiger partial charge in [-0.2, -0.15) is 0 Å². The van der Waals surface area contributed by atoms with Gasteiger partial charge in [-0.25, -0.2) is 13.2 Å². The van der Waals surface area contributed by atoms with Crippen molar-refractivity contribution in [1.29, 1.82) is 0 Å². The van der Waals surface area contributed by atoms with Gasteiger partial charge in [-0.05, 0) is 24.3 Å². The van der Waals surface area contributed by atoms with E-state index in [0.29, 0.717) is 5.76 Å². The van der Waals surface area contributed by atoms with Gasteiger partial charge in [0.15, 0.2) is 35.8 Å². The van der Waals surface area contributed by atoms with E-state index in [-0.39, 0.29) is 12.6 Å². The van der Waals surface area contributed by atoms with Crippen molar-refractivity contribution in [1.82, 2.24) is 0 Å². The van der Waals surface area contributed by atoms with Crippen LogP contribution in [0.2, 0.25) is 0 Å². The fourth-order valence-electron chi connectivity index (χ4n) is 2.59. The number of nitrogens with one attached hydrogen (secondary N) is 1. The molecule has 1 amide bonds. The summed E-state index contributed by atoms with van der Waals surface area (Å²) in [5.74, 6) is -4.26. The molecular weight excluding hydrogens is 345 g/mol. The largest absolute Gasteiger partial charge is 0.463 e. The monoisotopic (exact) mass is 361 g/mol.